The van der Waals surface area contributed by atoms with Crippen molar-refractivity contribution in [1.29, 1.82) is 0 Å². The standard InChI is InChI=1S/C15H16IN3O2/c16-11-4-1-5-12(10-11)19-9-3-6-13(19)15(21)18-8-2-7-14(17)20/h1,3-6,9-10H,2,7-8H2,(H2,17,20)(H,18,21). The number of rotatable bonds is 6. The van der Waals surface area contributed by atoms with Gasteiger partial charge in [0.15, 0.2) is 0 Å². The monoisotopic (exact) mass is 397 g/mol. The zero-order valence-corrected chi connectivity index (χ0v) is 13.5. The summed E-state index contributed by atoms with van der Waals surface area (Å²) in [6.45, 7) is 0.430. The van der Waals surface area contributed by atoms with Crippen molar-refractivity contribution >= 4 is 34.4 Å². The fourth-order valence-electron chi connectivity index (χ4n) is 1.97. The Kier molecular flexibility index (Phi) is 5.38. The van der Waals surface area contributed by atoms with Crippen molar-refractivity contribution in [2.45, 2.75) is 12.8 Å². The molecular weight excluding hydrogens is 381 g/mol. The van der Waals surface area contributed by atoms with E-state index in [2.05, 4.69) is 27.9 Å². The maximum atomic E-state index is 12.2. The summed E-state index contributed by atoms with van der Waals surface area (Å²) in [6, 6.07) is 11.5. The molecule has 5 nitrogen and oxygen atoms in total. The Balaban J connectivity index is 2.06. The number of nitrogens with zero attached hydrogens (tertiary/aromatic N) is 1. The van der Waals surface area contributed by atoms with E-state index in [-0.39, 0.29) is 18.2 Å². The summed E-state index contributed by atoms with van der Waals surface area (Å²) in [4.78, 5) is 22.8. The Labute approximate surface area is 136 Å². The maximum Gasteiger partial charge on any atom is 0.268 e. The third kappa shape index (κ3) is 4.32. The Morgan fingerprint density at radius 1 is 1.24 bits per heavy atom. The molecule has 1 aromatic carbocycles. The molecule has 0 saturated heterocycles. The molecule has 21 heavy (non-hydrogen) atoms. The lowest BCUT2D eigenvalue weighted by Gasteiger charge is -2.10. The first-order valence-electron chi connectivity index (χ1n) is 6.58. The van der Waals surface area contributed by atoms with Crippen LogP contribution in [0.4, 0.5) is 0 Å². The summed E-state index contributed by atoms with van der Waals surface area (Å²) in [7, 11) is 0. The molecule has 0 fully saturated rings. The minimum Gasteiger partial charge on any atom is -0.370 e. The first-order valence-corrected chi connectivity index (χ1v) is 7.65. The van der Waals surface area contributed by atoms with Gasteiger partial charge in [0.1, 0.15) is 5.69 Å². The number of primary amides is 1. The molecule has 0 spiro atoms. The van der Waals surface area contributed by atoms with Crippen LogP contribution in [-0.2, 0) is 4.79 Å². The molecule has 0 bridgehead atoms. The molecule has 0 unspecified atom stereocenters. The summed E-state index contributed by atoms with van der Waals surface area (Å²) in [6.07, 6.45) is 2.67. The van der Waals surface area contributed by atoms with Gasteiger partial charge in [-0.25, -0.2) is 0 Å². The van der Waals surface area contributed by atoms with Crippen LogP contribution in [0.2, 0.25) is 0 Å². The number of hydrogen-bond acceptors (Lipinski definition) is 2. The van der Waals surface area contributed by atoms with E-state index in [0.717, 1.165) is 9.26 Å². The fraction of sp³-hybridized carbons (Fsp3) is 0.200. The van der Waals surface area contributed by atoms with Gasteiger partial charge in [-0.1, -0.05) is 6.07 Å². The molecule has 2 rings (SSSR count). The largest absolute Gasteiger partial charge is 0.370 e. The minimum atomic E-state index is -0.355. The molecule has 2 aromatic rings. The van der Waals surface area contributed by atoms with Crippen LogP contribution in [0.15, 0.2) is 42.6 Å². The highest BCUT2D eigenvalue weighted by Gasteiger charge is 2.11. The van der Waals surface area contributed by atoms with Gasteiger partial charge >= 0.3 is 0 Å². The summed E-state index contributed by atoms with van der Waals surface area (Å²) in [5.41, 5.74) is 6.57. The van der Waals surface area contributed by atoms with Gasteiger partial charge in [-0.3, -0.25) is 9.59 Å². The summed E-state index contributed by atoms with van der Waals surface area (Å²) in [5.74, 6) is -0.519. The smallest absolute Gasteiger partial charge is 0.268 e. The first-order chi connectivity index (χ1) is 10.1. The molecule has 6 heteroatoms. The topological polar surface area (TPSA) is 77.1 Å². The zero-order chi connectivity index (χ0) is 15.2. The molecule has 3 N–H and O–H groups in total. The van der Waals surface area contributed by atoms with Crippen LogP contribution < -0.4 is 11.1 Å². The second kappa shape index (κ2) is 7.26. The van der Waals surface area contributed by atoms with E-state index in [1.165, 1.54) is 0 Å². The van der Waals surface area contributed by atoms with Gasteiger partial charge in [0.25, 0.3) is 5.91 Å². The number of amides is 2. The molecule has 0 aliphatic carbocycles. The number of benzene rings is 1. The van der Waals surface area contributed by atoms with Gasteiger partial charge in [0.05, 0.1) is 0 Å². The highest BCUT2D eigenvalue weighted by atomic mass is 127. The molecular formula is C15H16IN3O2. The third-order valence-corrected chi connectivity index (χ3v) is 3.62. The van der Waals surface area contributed by atoms with Crippen LogP contribution in [0.5, 0.6) is 0 Å². The van der Waals surface area contributed by atoms with Crippen molar-refractivity contribution in [2.24, 2.45) is 5.73 Å². The van der Waals surface area contributed by atoms with Gasteiger partial charge in [0, 0.05) is 28.4 Å². The van der Waals surface area contributed by atoms with Crippen molar-refractivity contribution in [3.05, 3.63) is 51.9 Å². The normalized spacial score (nSPS) is 10.3. The Bertz CT molecular complexity index is 652. The van der Waals surface area contributed by atoms with Gasteiger partial charge in [0.2, 0.25) is 5.91 Å². The Morgan fingerprint density at radius 2 is 2.05 bits per heavy atom. The predicted octanol–water partition coefficient (Wildman–Crippen LogP) is 2.08. The van der Waals surface area contributed by atoms with Crippen molar-refractivity contribution in [2.75, 3.05) is 6.54 Å². The predicted molar refractivity (Wildman–Crippen MR) is 89.2 cm³/mol. The van der Waals surface area contributed by atoms with Crippen LogP contribution in [0.3, 0.4) is 0 Å². The number of nitrogens with one attached hydrogen (secondary N) is 1. The van der Waals surface area contributed by atoms with E-state index in [9.17, 15) is 9.59 Å². The van der Waals surface area contributed by atoms with Crippen LogP contribution in [0.25, 0.3) is 5.69 Å². The number of hydrogen-bond donors (Lipinski definition) is 2. The first kappa shape index (κ1) is 15.6. The van der Waals surface area contributed by atoms with Gasteiger partial charge in [-0.2, -0.15) is 0 Å². The molecule has 0 aliphatic heterocycles. The Morgan fingerprint density at radius 3 is 2.76 bits per heavy atom. The van der Waals surface area contributed by atoms with Crippen LogP contribution in [0, 0.1) is 3.57 Å². The summed E-state index contributed by atoms with van der Waals surface area (Å²) < 4.78 is 2.94. The average molecular weight is 397 g/mol. The average Bonchev–Trinajstić information content (AvgIpc) is 2.92. The second-order valence-corrected chi connectivity index (χ2v) is 5.81. The minimum absolute atomic E-state index is 0.164. The van der Waals surface area contributed by atoms with Gasteiger partial charge in [-0.15, -0.1) is 0 Å². The number of carbonyl (C=O) groups is 2. The van der Waals surface area contributed by atoms with Crippen molar-refractivity contribution < 1.29 is 9.59 Å². The summed E-state index contributed by atoms with van der Waals surface area (Å²) >= 11 is 2.24. The van der Waals surface area contributed by atoms with E-state index in [1.54, 1.807) is 6.07 Å². The molecule has 0 aliphatic rings. The molecule has 1 heterocycles. The highest BCUT2D eigenvalue weighted by Crippen LogP contribution is 2.15. The lowest BCUT2D eigenvalue weighted by atomic mass is 10.3. The molecule has 0 radical (unpaired) electrons. The van der Waals surface area contributed by atoms with Crippen molar-refractivity contribution in [1.82, 2.24) is 9.88 Å². The van der Waals surface area contributed by atoms with E-state index >= 15 is 0 Å². The molecule has 110 valence electrons. The van der Waals surface area contributed by atoms with Gasteiger partial charge in [-0.05, 0) is 59.3 Å². The molecule has 0 atom stereocenters. The second-order valence-electron chi connectivity index (χ2n) is 4.57. The molecule has 1 aromatic heterocycles. The van der Waals surface area contributed by atoms with E-state index in [4.69, 9.17) is 5.73 Å². The SMILES string of the molecule is NC(=O)CCCNC(=O)c1cccn1-c1cccc(I)c1. The van der Waals surface area contributed by atoms with Crippen molar-refractivity contribution in [3.8, 4) is 5.69 Å². The van der Waals surface area contributed by atoms with Crippen LogP contribution in [0.1, 0.15) is 23.3 Å². The van der Waals surface area contributed by atoms with Crippen molar-refractivity contribution in [3.63, 3.8) is 0 Å². The van der Waals surface area contributed by atoms with E-state index < -0.39 is 0 Å². The number of nitrogens with two attached hydrogens (primary N) is 1. The van der Waals surface area contributed by atoms with Crippen LogP contribution >= 0.6 is 22.6 Å². The number of carbonyl (C=O) groups excluding carboxylic acids is 2. The quantitative estimate of drug-likeness (QED) is 0.579. The fourth-order valence-corrected chi connectivity index (χ4v) is 2.50. The van der Waals surface area contributed by atoms with E-state index in [0.29, 0.717) is 18.7 Å². The number of aromatic nitrogens is 1. The molecule has 2 amide bonds. The number of halogens is 1. The summed E-state index contributed by atoms with van der Waals surface area (Å²) in [5, 5.41) is 2.80. The van der Waals surface area contributed by atoms with Gasteiger partial charge < -0.3 is 15.6 Å². The maximum absolute atomic E-state index is 12.2. The van der Waals surface area contributed by atoms with Crippen LogP contribution in [-0.4, -0.2) is 22.9 Å². The Hall–Kier alpha value is -1.83. The highest BCUT2D eigenvalue weighted by molar-refractivity contribution is 14.1. The third-order valence-electron chi connectivity index (χ3n) is 2.95. The lowest BCUT2D eigenvalue weighted by Crippen LogP contribution is -2.27. The molecule has 0 saturated carbocycles. The lowest BCUT2D eigenvalue weighted by molar-refractivity contribution is -0.118. The zero-order valence-electron chi connectivity index (χ0n) is 11.4. The van der Waals surface area contributed by atoms with E-state index in [1.807, 2.05) is 41.1 Å².